The quantitative estimate of drug-likeness (QED) is 0.727. The largest absolute Gasteiger partial charge is 0.330 e. The van der Waals surface area contributed by atoms with Crippen LogP contribution in [-0.4, -0.2) is 14.1 Å². The van der Waals surface area contributed by atoms with Crippen molar-refractivity contribution in [2.45, 2.75) is 33.7 Å². The molecule has 0 saturated heterocycles. The van der Waals surface area contributed by atoms with E-state index in [1.807, 2.05) is 20.8 Å². The van der Waals surface area contributed by atoms with Crippen LogP contribution >= 0.6 is 0 Å². The second kappa shape index (κ2) is 6.10. The van der Waals surface area contributed by atoms with Gasteiger partial charge in [-0.1, -0.05) is 26.8 Å². The predicted molar refractivity (Wildman–Crippen MR) is 93.6 cm³/mol. The van der Waals surface area contributed by atoms with Crippen molar-refractivity contribution in [3.63, 3.8) is 0 Å². The molecule has 4 nitrogen and oxygen atoms in total. The molecule has 0 unspecified atom stereocenters. The van der Waals surface area contributed by atoms with E-state index in [0.29, 0.717) is 23.3 Å². The van der Waals surface area contributed by atoms with E-state index in [9.17, 15) is 13.6 Å². The van der Waals surface area contributed by atoms with Gasteiger partial charge in [-0.2, -0.15) is 0 Å². The average Bonchev–Trinajstić information content (AvgIpc) is 2.82. The number of nitrogens with zero attached hydrogens (tertiary/aromatic N) is 3. The van der Waals surface area contributed by atoms with Crippen molar-refractivity contribution in [1.82, 2.24) is 14.1 Å². The Labute approximate surface area is 144 Å². The molecule has 3 rings (SSSR count). The van der Waals surface area contributed by atoms with Gasteiger partial charge in [-0.15, -0.1) is 0 Å². The Morgan fingerprint density at radius 3 is 2.56 bits per heavy atom. The number of hydrogen-bond acceptors (Lipinski definition) is 2. The summed E-state index contributed by atoms with van der Waals surface area (Å²) in [7, 11) is 1.75. The molecule has 3 aromatic rings. The van der Waals surface area contributed by atoms with E-state index in [1.165, 1.54) is 16.7 Å². The lowest BCUT2D eigenvalue weighted by atomic mass is 9.87. The van der Waals surface area contributed by atoms with Gasteiger partial charge in [-0.05, 0) is 17.9 Å². The van der Waals surface area contributed by atoms with E-state index < -0.39 is 11.6 Å². The summed E-state index contributed by atoms with van der Waals surface area (Å²) in [5.41, 5.74) is 0.898. The number of aromatic nitrogens is 3. The van der Waals surface area contributed by atoms with Crippen LogP contribution in [0.25, 0.3) is 11.0 Å². The second-order valence-electron chi connectivity index (χ2n) is 7.51. The number of benzene rings is 1. The monoisotopic (exact) mass is 345 g/mol. The summed E-state index contributed by atoms with van der Waals surface area (Å²) in [5, 5.41) is 0. The van der Waals surface area contributed by atoms with Crippen LogP contribution < -0.4 is 5.56 Å². The van der Waals surface area contributed by atoms with Crippen LogP contribution in [0.15, 0.2) is 35.3 Å². The molecule has 0 saturated carbocycles. The first-order chi connectivity index (χ1) is 11.7. The maximum Gasteiger partial charge on any atom is 0.250 e. The molecule has 0 amide bonds. The summed E-state index contributed by atoms with van der Waals surface area (Å²) in [6.45, 7) is 6.15. The maximum absolute atomic E-state index is 14.4. The maximum atomic E-state index is 14.4. The zero-order valence-electron chi connectivity index (χ0n) is 14.8. The van der Waals surface area contributed by atoms with Crippen LogP contribution in [0.1, 0.15) is 32.2 Å². The Kier molecular flexibility index (Phi) is 4.22. The van der Waals surface area contributed by atoms with Gasteiger partial charge < -0.3 is 9.13 Å². The highest BCUT2D eigenvalue weighted by Crippen LogP contribution is 2.30. The summed E-state index contributed by atoms with van der Waals surface area (Å²) in [5.74, 6) is -1.15. The molecule has 0 atom stereocenters. The third-order valence-electron chi connectivity index (χ3n) is 4.17. The number of halogens is 2. The van der Waals surface area contributed by atoms with Crippen molar-refractivity contribution in [3.05, 3.63) is 63.8 Å². The van der Waals surface area contributed by atoms with Gasteiger partial charge in [0.25, 0.3) is 5.56 Å². The highest BCUT2D eigenvalue weighted by atomic mass is 19.2. The van der Waals surface area contributed by atoms with E-state index in [0.717, 1.165) is 0 Å². The zero-order valence-corrected chi connectivity index (χ0v) is 14.8. The van der Waals surface area contributed by atoms with Crippen LogP contribution in [0, 0.1) is 17.0 Å². The van der Waals surface area contributed by atoms with E-state index >= 15 is 0 Å². The molecule has 0 N–H and O–H groups in total. The summed E-state index contributed by atoms with van der Waals surface area (Å²) >= 11 is 0. The molecule has 0 radical (unpaired) electrons. The Morgan fingerprint density at radius 2 is 1.92 bits per heavy atom. The first-order valence-electron chi connectivity index (χ1n) is 8.15. The molecule has 132 valence electrons. The molecule has 0 aliphatic carbocycles. The third kappa shape index (κ3) is 3.34. The van der Waals surface area contributed by atoms with E-state index in [1.54, 1.807) is 29.9 Å². The molecule has 0 aliphatic rings. The van der Waals surface area contributed by atoms with Gasteiger partial charge >= 0.3 is 0 Å². The zero-order chi connectivity index (χ0) is 18.4. The number of fused-ring (bicyclic) bond motifs is 1. The summed E-state index contributed by atoms with van der Waals surface area (Å²) < 4.78 is 31.7. The lowest BCUT2D eigenvalue weighted by molar-refractivity contribution is 0.397. The number of rotatable bonds is 3. The minimum Gasteiger partial charge on any atom is -0.330 e. The molecule has 0 fully saturated rings. The first-order valence-corrected chi connectivity index (χ1v) is 8.15. The fraction of sp³-hybridized carbons (Fsp3) is 0.368. The Bertz CT molecular complexity index is 996. The highest BCUT2D eigenvalue weighted by Gasteiger charge is 2.23. The Morgan fingerprint density at radius 1 is 1.20 bits per heavy atom. The average molecular weight is 345 g/mol. The minimum atomic E-state index is -0.877. The number of pyridine rings is 1. The second-order valence-corrected chi connectivity index (χ2v) is 7.51. The lowest BCUT2D eigenvalue weighted by Crippen LogP contribution is -2.20. The van der Waals surface area contributed by atoms with Gasteiger partial charge in [-0.3, -0.25) is 4.79 Å². The summed E-state index contributed by atoms with van der Waals surface area (Å²) in [6, 6.07) is 6.06. The third-order valence-corrected chi connectivity index (χ3v) is 4.17. The summed E-state index contributed by atoms with van der Waals surface area (Å²) in [6.07, 6.45) is 2.04. The van der Waals surface area contributed by atoms with Gasteiger partial charge in [0, 0.05) is 30.9 Å². The molecule has 25 heavy (non-hydrogen) atoms. The van der Waals surface area contributed by atoms with Crippen molar-refractivity contribution in [2.24, 2.45) is 12.5 Å². The SMILES string of the molecule is Cn1c(Cn2ccccc2=O)nc2c(CC(C)(C)C)c(F)c(F)cc21. The van der Waals surface area contributed by atoms with Crippen LogP contribution in [0.2, 0.25) is 0 Å². The molecule has 0 bridgehead atoms. The lowest BCUT2D eigenvalue weighted by Gasteiger charge is -2.19. The van der Waals surface area contributed by atoms with Crippen molar-refractivity contribution >= 4 is 11.0 Å². The van der Waals surface area contributed by atoms with Crippen LogP contribution in [0.5, 0.6) is 0 Å². The van der Waals surface area contributed by atoms with Crippen LogP contribution in [0.4, 0.5) is 8.78 Å². The molecule has 0 spiro atoms. The molecular weight excluding hydrogens is 324 g/mol. The van der Waals surface area contributed by atoms with Gasteiger partial charge in [0.1, 0.15) is 5.82 Å². The Balaban J connectivity index is 2.17. The van der Waals surface area contributed by atoms with Gasteiger partial charge in [-0.25, -0.2) is 13.8 Å². The van der Waals surface area contributed by atoms with Crippen LogP contribution in [0.3, 0.4) is 0 Å². The van der Waals surface area contributed by atoms with Crippen molar-refractivity contribution in [1.29, 1.82) is 0 Å². The molecule has 1 aromatic carbocycles. The Hall–Kier alpha value is -2.50. The standard InChI is InChI=1S/C19H21F2N3O/c1-19(2,3)10-12-17(21)13(20)9-14-18(12)22-15(23(14)4)11-24-8-6-5-7-16(24)25/h5-9H,10-11H2,1-4H3. The van der Waals surface area contributed by atoms with Crippen LogP contribution in [-0.2, 0) is 20.0 Å². The fourth-order valence-electron chi connectivity index (χ4n) is 2.95. The smallest absolute Gasteiger partial charge is 0.250 e. The van der Waals surface area contributed by atoms with E-state index in [-0.39, 0.29) is 23.1 Å². The van der Waals surface area contributed by atoms with Gasteiger partial charge in [0.2, 0.25) is 0 Å². The first kappa shape index (κ1) is 17.3. The molecule has 6 heteroatoms. The molecular formula is C19H21F2N3O. The van der Waals surface area contributed by atoms with Crippen molar-refractivity contribution < 1.29 is 8.78 Å². The molecule has 0 aliphatic heterocycles. The van der Waals surface area contributed by atoms with Crippen molar-refractivity contribution in [2.75, 3.05) is 0 Å². The van der Waals surface area contributed by atoms with Gasteiger partial charge in [0.15, 0.2) is 11.6 Å². The number of hydrogen-bond donors (Lipinski definition) is 0. The molecule has 2 heterocycles. The molecule has 2 aromatic heterocycles. The number of aryl methyl sites for hydroxylation is 1. The topological polar surface area (TPSA) is 39.8 Å². The van der Waals surface area contributed by atoms with Crippen molar-refractivity contribution in [3.8, 4) is 0 Å². The highest BCUT2D eigenvalue weighted by molar-refractivity contribution is 5.80. The number of imidazole rings is 1. The normalized spacial score (nSPS) is 12.1. The predicted octanol–water partition coefficient (Wildman–Crippen LogP) is 3.65. The van der Waals surface area contributed by atoms with E-state index in [2.05, 4.69) is 4.98 Å². The van der Waals surface area contributed by atoms with E-state index in [4.69, 9.17) is 0 Å². The summed E-state index contributed by atoms with van der Waals surface area (Å²) in [4.78, 5) is 16.5. The minimum absolute atomic E-state index is 0.151. The fourth-order valence-corrected chi connectivity index (χ4v) is 2.95. The van der Waals surface area contributed by atoms with Gasteiger partial charge in [0.05, 0.1) is 17.6 Å².